The molecule has 0 saturated carbocycles. The molecule has 0 atom stereocenters. The van der Waals surface area contributed by atoms with Crippen LogP contribution in [-0.4, -0.2) is 46.8 Å². The van der Waals surface area contributed by atoms with Crippen molar-refractivity contribution in [2.45, 2.75) is 6.54 Å². The third kappa shape index (κ3) is 5.90. The standard InChI is InChI=1S/C14H23N3O3/c1-17(2)7-6-16-9-11-4-5-12(13(8-11)19-3)20-10-14(15)18/h4-5,8,16H,6-7,9-10H2,1-3H3,(H2,15,18)/p+2. The number of methoxy groups -OCH3 is 1. The van der Waals surface area contributed by atoms with Crippen molar-refractivity contribution in [1.82, 2.24) is 0 Å². The van der Waals surface area contributed by atoms with E-state index in [1.807, 2.05) is 18.2 Å². The van der Waals surface area contributed by atoms with E-state index in [-0.39, 0.29) is 6.61 Å². The second-order valence-corrected chi connectivity index (χ2v) is 4.98. The molecule has 1 amide bonds. The molecule has 112 valence electrons. The number of rotatable bonds is 9. The number of hydrogen-bond donors (Lipinski definition) is 3. The number of nitrogens with one attached hydrogen (secondary N) is 1. The third-order valence-electron chi connectivity index (χ3n) is 2.83. The van der Waals surface area contributed by atoms with E-state index in [0.29, 0.717) is 11.5 Å². The van der Waals surface area contributed by atoms with Gasteiger partial charge in [0.2, 0.25) is 0 Å². The smallest absolute Gasteiger partial charge is 0.255 e. The number of primary amides is 1. The molecule has 0 unspecified atom stereocenters. The summed E-state index contributed by atoms with van der Waals surface area (Å²) in [5.74, 6) is 0.652. The molecule has 0 radical (unpaired) electrons. The Balaban J connectivity index is 2.55. The normalized spacial score (nSPS) is 10.6. The zero-order valence-electron chi connectivity index (χ0n) is 12.4. The fraction of sp³-hybridized carbons (Fsp3) is 0.500. The molecule has 0 spiro atoms. The first-order chi connectivity index (χ1) is 9.52. The maximum Gasteiger partial charge on any atom is 0.255 e. The van der Waals surface area contributed by atoms with Gasteiger partial charge in [0.1, 0.15) is 19.6 Å². The van der Waals surface area contributed by atoms with E-state index in [0.717, 1.165) is 25.2 Å². The third-order valence-corrected chi connectivity index (χ3v) is 2.83. The highest BCUT2D eigenvalue weighted by molar-refractivity contribution is 5.75. The minimum atomic E-state index is -0.504. The van der Waals surface area contributed by atoms with E-state index >= 15 is 0 Å². The van der Waals surface area contributed by atoms with Crippen molar-refractivity contribution < 1.29 is 24.5 Å². The Morgan fingerprint density at radius 3 is 2.70 bits per heavy atom. The zero-order chi connectivity index (χ0) is 15.0. The van der Waals surface area contributed by atoms with Gasteiger partial charge in [-0.2, -0.15) is 0 Å². The molecule has 0 heterocycles. The summed E-state index contributed by atoms with van der Waals surface area (Å²) in [6.07, 6.45) is 0. The molecular weight excluding hydrogens is 258 g/mol. The van der Waals surface area contributed by atoms with E-state index in [9.17, 15) is 4.79 Å². The maximum absolute atomic E-state index is 10.7. The first-order valence-corrected chi connectivity index (χ1v) is 6.71. The second kappa shape index (κ2) is 8.39. The van der Waals surface area contributed by atoms with E-state index < -0.39 is 5.91 Å². The summed E-state index contributed by atoms with van der Waals surface area (Å²) in [4.78, 5) is 12.2. The van der Waals surface area contributed by atoms with Crippen molar-refractivity contribution in [3.05, 3.63) is 23.8 Å². The Kier molecular flexibility index (Phi) is 6.83. The highest BCUT2D eigenvalue weighted by atomic mass is 16.5. The summed E-state index contributed by atoms with van der Waals surface area (Å²) in [5.41, 5.74) is 6.21. The number of quaternary nitrogens is 2. The zero-order valence-corrected chi connectivity index (χ0v) is 12.4. The number of carbonyl (C=O) groups excluding carboxylic acids is 1. The van der Waals surface area contributed by atoms with Gasteiger partial charge in [-0.05, 0) is 18.2 Å². The highest BCUT2D eigenvalue weighted by Gasteiger charge is 2.08. The lowest BCUT2D eigenvalue weighted by atomic mass is 10.2. The molecule has 6 nitrogen and oxygen atoms in total. The largest absolute Gasteiger partial charge is 0.493 e. The molecule has 0 saturated heterocycles. The molecule has 1 aromatic carbocycles. The molecule has 5 N–H and O–H groups in total. The van der Waals surface area contributed by atoms with Crippen LogP contribution in [0.25, 0.3) is 0 Å². The van der Waals surface area contributed by atoms with Crippen LogP contribution in [0.2, 0.25) is 0 Å². The van der Waals surface area contributed by atoms with Crippen LogP contribution in [0.15, 0.2) is 18.2 Å². The van der Waals surface area contributed by atoms with Gasteiger partial charge in [-0.25, -0.2) is 0 Å². The first kappa shape index (κ1) is 16.3. The Hall–Kier alpha value is -1.79. The maximum atomic E-state index is 10.7. The van der Waals surface area contributed by atoms with Crippen LogP contribution in [0, 0.1) is 0 Å². The average Bonchev–Trinajstić information content (AvgIpc) is 2.41. The Morgan fingerprint density at radius 2 is 2.10 bits per heavy atom. The van der Waals surface area contributed by atoms with Gasteiger partial charge in [-0.15, -0.1) is 0 Å². The van der Waals surface area contributed by atoms with Gasteiger partial charge in [0, 0.05) is 5.56 Å². The van der Waals surface area contributed by atoms with Gasteiger partial charge in [0.05, 0.1) is 21.2 Å². The highest BCUT2D eigenvalue weighted by Crippen LogP contribution is 2.27. The summed E-state index contributed by atoms with van der Waals surface area (Å²) < 4.78 is 10.6. The fourth-order valence-electron chi connectivity index (χ4n) is 1.77. The molecule has 1 rings (SSSR count). The predicted molar refractivity (Wildman–Crippen MR) is 75.9 cm³/mol. The number of amides is 1. The molecule has 6 heteroatoms. The number of likely N-dealkylation sites (N-methyl/N-ethyl adjacent to an activating group) is 1. The molecular formula is C14H25N3O3+2. The molecule has 0 fully saturated rings. The lowest BCUT2D eigenvalue weighted by molar-refractivity contribution is -0.875. The monoisotopic (exact) mass is 283 g/mol. The van der Waals surface area contributed by atoms with Crippen molar-refractivity contribution >= 4 is 5.91 Å². The van der Waals surface area contributed by atoms with Crippen LogP contribution in [0.4, 0.5) is 0 Å². The molecule has 0 aliphatic heterocycles. The summed E-state index contributed by atoms with van der Waals surface area (Å²) in [6.45, 7) is 2.94. The van der Waals surface area contributed by atoms with Crippen molar-refractivity contribution in [1.29, 1.82) is 0 Å². The van der Waals surface area contributed by atoms with E-state index in [1.54, 1.807) is 7.11 Å². The molecule has 1 aromatic rings. The minimum Gasteiger partial charge on any atom is -0.493 e. The van der Waals surface area contributed by atoms with E-state index in [4.69, 9.17) is 15.2 Å². The van der Waals surface area contributed by atoms with Gasteiger partial charge in [-0.1, -0.05) is 0 Å². The topological polar surface area (TPSA) is 82.6 Å². The Morgan fingerprint density at radius 1 is 1.35 bits per heavy atom. The van der Waals surface area contributed by atoms with Crippen LogP contribution in [0.5, 0.6) is 11.5 Å². The van der Waals surface area contributed by atoms with Crippen LogP contribution >= 0.6 is 0 Å². The second-order valence-electron chi connectivity index (χ2n) is 4.98. The van der Waals surface area contributed by atoms with Gasteiger partial charge in [-0.3, -0.25) is 4.79 Å². The SMILES string of the molecule is COc1cc(C[NH2+]CC[NH+](C)C)ccc1OCC(N)=O. The summed E-state index contributed by atoms with van der Waals surface area (Å²) >= 11 is 0. The first-order valence-electron chi connectivity index (χ1n) is 6.71. The summed E-state index contributed by atoms with van der Waals surface area (Å²) in [7, 11) is 5.86. The van der Waals surface area contributed by atoms with Crippen LogP contribution in [-0.2, 0) is 11.3 Å². The molecule has 0 aromatic heterocycles. The van der Waals surface area contributed by atoms with Gasteiger partial charge in [0.25, 0.3) is 5.91 Å². The summed E-state index contributed by atoms with van der Waals surface area (Å²) in [5, 5.41) is 2.26. The van der Waals surface area contributed by atoms with Crippen molar-refractivity contribution in [2.75, 3.05) is 40.9 Å². The molecule has 0 aliphatic rings. The number of nitrogens with two attached hydrogens (primary N) is 2. The predicted octanol–water partition coefficient (Wildman–Crippen LogP) is -2.23. The van der Waals surface area contributed by atoms with Gasteiger partial charge >= 0.3 is 0 Å². The number of hydrogen-bond acceptors (Lipinski definition) is 3. The summed E-state index contributed by atoms with van der Waals surface area (Å²) in [6, 6.07) is 5.70. The lowest BCUT2D eigenvalue weighted by Crippen LogP contribution is -3.09. The lowest BCUT2D eigenvalue weighted by Gasteiger charge is -2.11. The Bertz CT molecular complexity index is 436. The van der Waals surface area contributed by atoms with Gasteiger partial charge in [0.15, 0.2) is 18.1 Å². The molecule has 0 aliphatic carbocycles. The van der Waals surface area contributed by atoms with E-state index in [1.165, 1.54) is 4.90 Å². The van der Waals surface area contributed by atoms with Crippen LogP contribution < -0.4 is 25.4 Å². The average molecular weight is 283 g/mol. The number of carbonyl (C=O) groups is 1. The number of ether oxygens (including phenoxy) is 2. The van der Waals surface area contributed by atoms with Crippen molar-refractivity contribution in [2.24, 2.45) is 5.73 Å². The van der Waals surface area contributed by atoms with Crippen LogP contribution in [0.3, 0.4) is 0 Å². The minimum absolute atomic E-state index is 0.145. The molecule has 20 heavy (non-hydrogen) atoms. The molecule has 0 bridgehead atoms. The fourth-order valence-corrected chi connectivity index (χ4v) is 1.77. The van der Waals surface area contributed by atoms with Crippen molar-refractivity contribution in [3.8, 4) is 11.5 Å². The van der Waals surface area contributed by atoms with Gasteiger partial charge < -0.3 is 25.4 Å². The van der Waals surface area contributed by atoms with Crippen molar-refractivity contribution in [3.63, 3.8) is 0 Å². The number of benzene rings is 1. The quantitative estimate of drug-likeness (QED) is 0.449. The van der Waals surface area contributed by atoms with E-state index in [2.05, 4.69) is 19.4 Å². The Labute approximate surface area is 119 Å². The van der Waals surface area contributed by atoms with Crippen LogP contribution in [0.1, 0.15) is 5.56 Å².